The Morgan fingerprint density at radius 1 is 1.38 bits per heavy atom. The average Bonchev–Trinajstić information content (AvgIpc) is 2.59. The number of allylic oxidation sites excluding steroid dienone is 1. The van der Waals surface area contributed by atoms with E-state index in [1.54, 1.807) is 23.9 Å². The molecule has 0 bridgehead atoms. The van der Waals surface area contributed by atoms with E-state index in [0.717, 1.165) is 40.3 Å². The highest BCUT2D eigenvalue weighted by Gasteiger charge is 2.23. The highest BCUT2D eigenvalue weighted by atomic mass is 32.2. The summed E-state index contributed by atoms with van der Waals surface area (Å²) in [7, 11) is 0. The van der Waals surface area contributed by atoms with Gasteiger partial charge in [0.15, 0.2) is 5.82 Å². The number of hydrogen-bond donors (Lipinski definition) is 1. The summed E-state index contributed by atoms with van der Waals surface area (Å²) < 4.78 is 13.5. The zero-order valence-corrected chi connectivity index (χ0v) is 14.4. The van der Waals surface area contributed by atoms with Gasteiger partial charge in [0, 0.05) is 10.5 Å². The summed E-state index contributed by atoms with van der Waals surface area (Å²) in [5.74, 6) is 0.240. The summed E-state index contributed by atoms with van der Waals surface area (Å²) in [6.07, 6.45) is 6.91. The van der Waals surface area contributed by atoms with Gasteiger partial charge in [0.25, 0.3) is 0 Å². The first-order valence-electron chi connectivity index (χ1n) is 7.82. The van der Waals surface area contributed by atoms with E-state index in [9.17, 15) is 9.18 Å². The van der Waals surface area contributed by atoms with E-state index in [4.69, 9.17) is 4.98 Å². The van der Waals surface area contributed by atoms with Crippen molar-refractivity contribution in [3.63, 3.8) is 0 Å². The Morgan fingerprint density at radius 2 is 2.21 bits per heavy atom. The van der Waals surface area contributed by atoms with Gasteiger partial charge in [-0.25, -0.2) is 14.4 Å². The smallest absolute Gasteiger partial charge is 0.212 e. The molecule has 0 saturated carbocycles. The topological polar surface area (TPSA) is 54.9 Å². The number of fused-ring (bicyclic) bond motifs is 3. The van der Waals surface area contributed by atoms with Crippen LogP contribution in [0.2, 0.25) is 0 Å². The van der Waals surface area contributed by atoms with Crippen molar-refractivity contribution in [3.05, 3.63) is 47.0 Å². The lowest BCUT2D eigenvalue weighted by Crippen LogP contribution is -2.13. The molecule has 2 aromatic rings. The Morgan fingerprint density at radius 3 is 2.92 bits per heavy atom. The van der Waals surface area contributed by atoms with Gasteiger partial charge in [0.1, 0.15) is 11.5 Å². The van der Waals surface area contributed by atoms with E-state index >= 15 is 0 Å². The van der Waals surface area contributed by atoms with E-state index in [1.807, 2.05) is 13.2 Å². The maximum Gasteiger partial charge on any atom is 0.212 e. The Balaban J connectivity index is 2.20. The minimum absolute atomic E-state index is 0.236. The summed E-state index contributed by atoms with van der Waals surface area (Å²) >= 11 is 1.56. The van der Waals surface area contributed by atoms with Crippen molar-refractivity contribution in [2.24, 2.45) is 0 Å². The third-order valence-corrected chi connectivity index (χ3v) is 4.76. The van der Waals surface area contributed by atoms with Gasteiger partial charge in [0.2, 0.25) is 6.41 Å². The number of amides is 1. The molecule has 1 N–H and O–H groups in total. The Labute approximate surface area is 144 Å². The SMILES string of the molecule is CC/C=C(\SC)c1nc2c(nc1NC=O)CCc1cc(F)ccc1-2. The second-order valence-corrected chi connectivity index (χ2v) is 6.31. The molecule has 0 radical (unpaired) electrons. The second-order valence-electron chi connectivity index (χ2n) is 5.46. The summed E-state index contributed by atoms with van der Waals surface area (Å²) in [4.78, 5) is 21.3. The molecule has 24 heavy (non-hydrogen) atoms. The molecule has 3 rings (SSSR count). The Hall–Kier alpha value is -2.21. The fourth-order valence-electron chi connectivity index (χ4n) is 2.90. The summed E-state index contributed by atoms with van der Waals surface area (Å²) in [5, 5.41) is 2.66. The predicted octanol–water partition coefficient (Wildman–Crippen LogP) is 4.06. The van der Waals surface area contributed by atoms with Crippen LogP contribution in [0.1, 0.15) is 30.3 Å². The second kappa shape index (κ2) is 7.13. The monoisotopic (exact) mass is 343 g/mol. The quantitative estimate of drug-likeness (QED) is 0.832. The van der Waals surface area contributed by atoms with Crippen LogP contribution in [0.15, 0.2) is 24.3 Å². The number of rotatable bonds is 5. The molecule has 1 aliphatic rings. The molecule has 0 saturated heterocycles. The molecule has 4 nitrogen and oxygen atoms in total. The van der Waals surface area contributed by atoms with Crippen LogP contribution < -0.4 is 5.32 Å². The minimum Gasteiger partial charge on any atom is -0.311 e. The van der Waals surface area contributed by atoms with E-state index in [1.165, 1.54) is 6.07 Å². The maximum atomic E-state index is 13.5. The maximum absolute atomic E-state index is 13.5. The number of aromatic nitrogens is 2. The summed E-state index contributed by atoms with van der Waals surface area (Å²) in [5.41, 5.74) is 4.13. The van der Waals surface area contributed by atoms with Gasteiger partial charge in [-0.15, -0.1) is 11.8 Å². The first kappa shape index (κ1) is 16.6. The van der Waals surface area contributed by atoms with Crippen LogP contribution in [0.4, 0.5) is 10.2 Å². The number of benzene rings is 1. The Bertz CT molecular complexity index is 820. The normalized spacial score (nSPS) is 13.2. The van der Waals surface area contributed by atoms with E-state index in [0.29, 0.717) is 24.3 Å². The van der Waals surface area contributed by atoms with Gasteiger partial charge in [-0.05, 0) is 49.3 Å². The molecular weight excluding hydrogens is 325 g/mol. The molecule has 1 aromatic heterocycles. The first-order chi connectivity index (χ1) is 11.7. The number of halogens is 1. The van der Waals surface area contributed by atoms with Crippen molar-refractivity contribution in [3.8, 4) is 11.3 Å². The van der Waals surface area contributed by atoms with Crippen LogP contribution in [0, 0.1) is 5.82 Å². The lowest BCUT2D eigenvalue weighted by atomic mass is 9.91. The van der Waals surface area contributed by atoms with Crippen molar-refractivity contribution in [2.75, 3.05) is 11.6 Å². The predicted molar refractivity (Wildman–Crippen MR) is 96.3 cm³/mol. The molecule has 6 heteroatoms. The number of carbonyl (C=O) groups excluding carboxylic acids is 1. The van der Waals surface area contributed by atoms with E-state index < -0.39 is 0 Å². The summed E-state index contributed by atoms with van der Waals surface area (Å²) in [6.45, 7) is 2.05. The van der Waals surface area contributed by atoms with Gasteiger partial charge < -0.3 is 5.32 Å². The minimum atomic E-state index is -0.236. The first-order valence-corrected chi connectivity index (χ1v) is 9.04. The number of aryl methyl sites for hydroxylation is 2. The third-order valence-electron chi connectivity index (χ3n) is 3.96. The highest BCUT2D eigenvalue weighted by molar-refractivity contribution is 8.07. The van der Waals surface area contributed by atoms with Crippen LogP contribution in [-0.4, -0.2) is 22.6 Å². The van der Waals surface area contributed by atoms with Crippen LogP contribution in [0.25, 0.3) is 16.2 Å². The number of nitrogens with one attached hydrogen (secondary N) is 1. The average molecular weight is 343 g/mol. The molecule has 1 heterocycles. The third kappa shape index (κ3) is 3.06. The van der Waals surface area contributed by atoms with Gasteiger partial charge in [-0.3, -0.25) is 4.79 Å². The van der Waals surface area contributed by atoms with Crippen molar-refractivity contribution >= 4 is 28.9 Å². The zero-order valence-electron chi connectivity index (χ0n) is 13.6. The lowest BCUT2D eigenvalue weighted by molar-refractivity contribution is -0.105. The van der Waals surface area contributed by atoms with Gasteiger partial charge in [-0.1, -0.05) is 13.0 Å². The highest BCUT2D eigenvalue weighted by Crippen LogP contribution is 2.36. The molecule has 124 valence electrons. The molecule has 0 atom stereocenters. The molecule has 1 aliphatic carbocycles. The van der Waals surface area contributed by atoms with Gasteiger partial charge in [0.05, 0.1) is 11.4 Å². The molecule has 1 amide bonds. The van der Waals surface area contributed by atoms with E-state index in [2.05, 4.69) is 16.4 Å². The van der Waals surface area contributed by atoms with Crippen molar-refractivity contribution in [1.29, 1.82) is 0 Å². The molecule has 1 aromatic carbocycles. The number of carbonyl (C=O) groups is 1. The van der Waals surface area contributed by atoms with Crippen LogP contribution >= 0.6 is 11.8 Å². The van der Waals surface area contributed by atoms with Gasteiger partial charge in [-0.2, -0.15) is 0 Å². The molecule has 0 aliphatic heterocycles. The van der Waals surface area contributed by atoms with Crippen LogP contribution in [0.3, 0.4) is 0 Å². The molecular formula is C18H18FN3OS. The fraction of sp³-hybridized carbons (Fsp3) is 0.278. The van der Waals surface area contributed by atoms with E-state index in [-0.39, 0.29) is 5.82 Å². The van der Waals surface area contributed by atoms with Crippen molar-refractivity contribution < 1.29 is 9.18 Å². The zero-order chi connectivity index (χ0) is 17.1. The van der Waals surface area contributed by atoms with Crippen molar-refractivity contribution in [1.82, 2.24) is 9.97 Å². The van der Waals surface area contributed by atoms with Crippen LogP contribution in [0.5, 0.6) is 0 Å². The molecule has 0 unspecified atom stereocenters. The molecule has 0 spiro atoms. The lowest BCUT2D eigenvalue weighted by Gasteiger charge is -2.21. The number of nitrogens with zero attached hydrogens (tertiary/aromatic N) is 2. The van der Waals surface area contributed by atoms with Gasteiger partial charge >= 0.3 is 0 Å². The van der Waals surface area contributed by atoms with Crippen LogP contribution in [-0.2, 0) is 17.6 Å². The Kier molecular flexibility index (Phi) is 4.94. The summed E-state index contributed by atoms with van der Waals surface area (Å²) in [6, 6.07) is 4.77. The standard InChI is InChI=1S/C18H18FN3OS/c1-3-4-15(24-2)17-18(20-10-23)21-14-8-5-11-9-12(19)6-7-13(11)16(14)22-17/h4,6-7,9-10H,3,5,8H2,1-2H3,(H,20,21,23)/b15-4-. The number of hydrogen-bond acceptors (Lipinski definition) is 4. The molecule has 0 fully saturated rings. The number of anilines is 1. The number of thioether (sulfide) groups is 1. The van der Waals surface area contributed by atoms with Crippen molar-refractivity contribution in [2.45, 2.75) is 26.2 Å². The fourth-order valence-corrected chi connectivity index (χ4v) is 3.57. The largest absolute Gasteiger partial charge is 0.311 e.